The fraction of sp³-hybridized carbons (Fsp3) is 0.650. The number of ketones is 1. The Balaban J connectivity index is 1.77. The van der Waals surface area contributed by atoms with Crippen LogP contribution in [0.2, 0.25) is 0 Å². The number of carbonyl (C=O) groups excluding carboxylic acids is 2. The van der Waals surface area contributed by atoms with E-state index >= 15 is 0 Å². The number of ether oxygens (including phenoxy) is 2. The van der Waals surface area contributed by atoms with E-state index in [1.54, 1.807) is 18.3 Å². The maximum absolute atomic E-state index is 13.1. The van der Waals surface area contributed by atoms with Crippen molar-refractivity contribution in [3.05, 3.63) is 23.9 Å². The topological polar surface area (TPSA) is 68.7 Å². The highest BCUT2D eigenvalue weighted by atomic mass is 16.6. The summed E-state index contributed by atoms with van der Waals surface area (Å²) < 4.78 is 10.9. The van der Waals surface area contributed by atoms with E-state index in [2.05, 4.69) is 4.98 Å². The fourth-order valence-corrected chi connectivity index (χ4v) is 4.17. The van der Waals surface area contributed by atoms with E-state index in [4.69, 9.17) is 9.47 Å². The first-order valence-corrected chi connectivity index (χ1v) is 9.34. The number of rotatable bonds is 3. The molecule has 0 spiro atoms. The Morgan fingerprint density at radius 3 is 2.42 bits per heavy atom. The Morgan fingerprint density at radius 1 is 1.19 bits per heavy atom. The molecule has 2 saturated heterocycles. The fourth-order valence-electron chi connectivity index (χ4n) is 4.17. The summed E-state index contributed by atoms with van der Waals surface area (Å²) in [6, 6.07) is 3.65. The van der Waals surface area contributed by atoms with Gasteiger partial charge in [0.1, 0.15) is 5.60 Å². The first-order valence-electron chi connectivity index (χ1n) is 9.34. The van der Waals surface area contributed by atoms with Gasteiger partial charge < -0.3 is 14.4 Å². The maximum atomic E-state index is 13.1. The molecule has 2 bridgehead atoms. The molecule has 2 fully saturated rings. The number of nitrogens with zero attached hydrogens (tertiary/aromatic N) is 2. The van der Waals surface area contributed by atoms with Gasteiger partial charge in [-0.3, -0.25) is 4.79 Å². The number of methoxy groups -OCH3 is 1. The summed E-state index contributed by atoms with van der Waals surface area (Å²) in [4.78, 5) is 31.8. The van der Waals surface area contributed by atoms with Crippen molar-refractivity contribution in [3.63, 3.8) is 0 Å². The lowest BCUT2D eigenvalue weighted by Gasteiger charge is -2.48. The minimum absolute atomic E-state index is 0.0639. The van der Waals surface area contributed by atoms with Gasteiger partial charge in [0, 0.05) is 24.2 Å². The van der Waals surface area contributed by atoms with Crippen molar-refractivity contribution in [3.8, 4) is 5.88 Å². The quantitative estimate of drug-likeness (QED) is 0.766. The molecule has 3 heterocycles. The van der Waals surface area contributed by atoms with E-state index in [1.165, 1.54) is 7.11 Å². The molecular formula is C20H28N2O4. The first kappa shape index (κ1) is 18.7. The highest BCUT2D eigenvalue weighted by molar-refractivity contribution is 6.00. The van der Waals surface area contributed by atoms with Crippen molar-refractivity contribution in [1.82, 2.24) is 9.88 Å². The largest absolute Gasteiger partial charge is 0.480 e. The summed E-state index contributed by atoms with van der Waals surface area (Å²) >= 11 is 0. The Labute approximate surface area is 154 Å². The standard InChI is InChI=1S/C20H28N2O4/c1-20(2,3)26-19(24)22-14-7-5-8-15(22)12-13(11-14)17(23)16-9-6-10-21-18(16)25-4/h6,9-10,13-15H,5,7-8,11-12H2,1-4H3. The average Bonchev–Trinajstić information content (AvgIpc) is 2.58. The van der Waals surface area contributed by atoms with Gasteiger partial charge in [-0.15, -0.1) is 0 Å². The van der Waals surface area contributed by atoms with Gasteiger partial charge in [0.25, 0.3) is 0 Å². The van der Waals surface area contributed by atoms with E-state index < -0.39 is 5.60 Å². The maximum Gasteiger partial charge on any atom is 0.410 e. The zero-order valence-corrected chi connectivity index (χ0v) is 16.0. The van der Waals surface area contributed by atoms with Crippen molar-refractivity contribution in [2.45, 2.75) is 70.6 Å². The van der Waals surface area contributed by atoms with Gasteiger partial charge in [-0.2, -0.15) is 0 Å². The minimum Gasteiger partial charge on any atom is -0.480 e. The zero-order chi connectivity index (χ0) is 18.9. The summed E-state index contributed by atoms with van der Waals surface area (Å²) in [6.07, 6.45) is 5.64. The zero-order valence-electron chi connectivity index (χ0n) is 16.0. The third kappa shape index (κ3) is 3.84. The second-order valence-corrected chi connectivity index (χ2v) is 8.22. The molecule has 1 aromatic heterocycles. The third-order valence-electron chi connectivity index (χ3n) is 5.18. The molecule has 2 aliphatic heterocycles. The van der Waals surface area contributed by atoms with Crippen LogP contribution in [0.5, 0.6) is 5.88 Å². The van der Waals surface area contributed by atoms with E-state index in [0.29, 0.717) is 24.3 Å². The molecule has 0 saturated carbocycles. The SMILES string of the molecule is COc1ncccc1C(=O)C1CC2CCCC(C1)N2C(=O)OC(C)(C)C. The molecule has 6 nitrogen and oxygen atoms in total. The molecule has 0 aromatic carbocycles. The monoisotopic (exact) mass is 360 g/mol. The summed E-state index contributed by atoms with van der Waals surface area (Å²) in [5.41, 5.74) is 0.0185. The van der Waals surface area contributed by atoms with Gasteiger partial charge in [-0.1, -0.05) is 0 Å². The molecule has 0 radical (unpaired) electrons. The summed E-state index contributed by atoms with van der Waals surface area (Å²) in [5, 5.41) is 0. The minimum atomic E-state index is -0.513. The second kappa shape index (κ2) is 7.25. The van der Waals surface area contributed by atoms with Crippen LogP contribution >= 0.6 is 0 Å². The van der Waals surface area contributed by atoms with Crippen LogP contribution in [0.1, 0.15) is 63.2 Å². The first-order chi connectivity index (χ1) is 12.3. The predicted octanol–water partition coefficient (Wildman–Crippen LogP) is 3.84. The lowest BCUT2D eigenvalue weighted by atomic mass is 9.76. The summed E-state index contributed by atoms with van der Waals surface area (Å²) in [5.74, 6) is 0.329. The number of pyridine rings is 1. The van der Waals surface area contributed by atoms with Crippen LogP contribution in [0.4, 0.5) is 4.79 Å². The number of amides is 1. The van der Waals surface area contributed by atoms with Gasteiger partial charge in [0.15, 0.2) is 5.78 Å². The molecular weight excluding hydrogens is 332 g/mol. The highest BCUT2D eigenvalue weighted by Crippen LogP contribution is 2.39. The Morgan fingerprint density at radius 2 is 1.85 bits per heavy atom. The van der Waals surface area contributed by atoms with Crippen LogP contribution in [0, 0.1) is 5.92 Å². The molecule has 2 unspecified atom stereocenters. The lowest BCUT2D eigenvalue weighted by Crippen LogP contribution is -2.56. The van der Waals surface area contributed by atoms with Crippen molar-refractivity contribution in [1.29, 1.82) is 0 Å². The van der Waals surface area contributed by atoms with Gasteiger partial charge >= 0.3 is 6.09 Å². The van der Waals surface area contributed by atoms with Gasteiger partial charge in [-0.25, -0.2) is 9.78 Å². The number of Topliss-reactive ketones (excluding diaryl/α,β-unsaturated/α-hetero) is 1. The normalized spacial score (nSPS) is 25.5. The van der Waals surface area contributed by atoms with E-state index in [-0.39, 0.29) is 29.9 Å². The Bertz CT molecular complexity index is 669. The smallest absolute Gasteiger partial charge is 0.410 e. The number of fused-ring (bicyclic) bond motifs is 2. The molecule has 1 aromatic rings. The number of hydrogen-bond acceptors (Lipinski definition) is 5. The number of hydrogen-bond donors (Lipinski definition) is 0. The molecule has 0 aliphatic carbocycles. The molecule has 3 rings (SSSR count). The van der Waals surface area contributed by atoms with E-state index in [0.717, 1.165) is 19.3 Å². The number of piperidine rings is 2. The van der Waals surface area contributed by atoms with Crippen molar-refractivity contribution >= 4 is 11.9 Å². The Kier molecular flexibility index (Phi) is 5.21. The molecule has 6 heteroatoms. The van der Waals surface area contributed by atoms with Crippen LogP contribution in [-0.2, 0) is 4.74 Å². The average molecular weight is 360 g/mol. The van der Waals surface area contributed by atoms with Crippen LogP contribution < -0.4 is 4.74 Å². The van der Waals surface area contributed by atoms with Gasteiger partial charge in [0.05, 0.1) is 12.7 Å². The van der Waals surface area contributed by atoms with Crippen LogP contribution in [0.15, 0.2) is 18.3 Å². The molecule has 0 N–H and O–H groups in total. The Hall–Kier alpha value is -2.11. The van der Waals surface area contributed by atoms with E-state index in [1.807, 2.05) is 25.7 Å². The summed E-state index contributed by atoms with van der Waals surface area (Å²) in [7, 11) is 1.53. The molecule has 1 amide bonds. The van der Waals surface area contributed by atoms with E-state index in [9.17, 15) is 9.59 Å². The van der Waals surface area contributed by atoms with Gasteiger partial charge in [0.2, 0.25) is 5.88 Å². The third-order valence-corrected chi connectivity index (χ3v) is 5.18. The number of carbonyl (C=O) groups is 2. The van der Waals surface area contributed by atoms with Gasteiger partial charge in [-0.05, 0) is 65.0 Å². The van der Waals surface area contributed by atoms with Crippen molar-refractivity contribution < 1.29 is 19.1 Å². The summed E-state index contributed by atoms with van der Waals surface area (Å²) in [6.45, 7) is 5.64. The lowest BCUT2D eigenvalue weighted by molar-refractivity contribution is -0.0261. The second-order valence-electron chi connectivity index (χ2n) is 8.22. The van der Waals surface area contributed by atoms with Crippen molar-refractivity contribution in [2.75, 3.05) is 7.11 Å². The molecule has 2 aliphatic rings. The highest BCUT2D eigenvalue weighted by Gasteiger charge is 2.44. The molecule has 26 heavy (non-hydrogen) atoms. The van der Waals surface area contributed by atoms with Crippen LogP contribution in [-0.4, -0.2) is 46.6 Å². The molecule has 2 atom stereocenters. The molecule has 142 valence electrons. The van der Waals surface area contributed by atoms with Crippen LogP contribution in [0.25, 0.3) is 0 Å². The predicted molar refractivity (Wildman–Crippen MR) is 97.3 cm³/mol. The van der Waals surface area contributed by atoms with Crippen molar-refractivity contribution in [2.24, 2.45) is 5.92 Å². The van der Waals surface area contributed by atoms with Crippen LogP contribution in [0.3, 0.4) is 0 Å². The number of aromatic nitrogens is 1.